The molecule has 2 heterocycles. The van der Waals surface area contributed by atoms with Crippen molar-refractivity contribution in [3.8, 4) is 0 Å². The lowest BCUT2D eigenvalue weighted by molar-refractivity contribution is -0.384. The third-order valence-electron chi connectivity index (χ3n) is 6.50. The number of hydrogen-bond acceptors (Lipinski definition) is 8. The standard InChI is InChI=1S/C28H29N5O6S/c1-2-39-25(34)15-22-14-20-16-32(12-11-24(20)40-22)28(36)23(13-17-3-9-21(10-4-17)33(37)38)31-27(35)19-7-5-18(6-8-19)26(29)30/h3-10,14,23H,2,11-13,15-16H2,1H3,(H3,29,30)(H,31,35)/t23-/m0/s1. The van der Waals surface area contributed by atoms with Crippen molar-refractivity contribution in [2.45, 2.75) is 38.8 Å². The summed E-state index contributed by atoms with van der Waals surface area (Å²) in [5.74, 6) is -1.17. The molecule has 4 N–H and O–H groups in total. The van der Waals surface area contributed by atoms with E-state index in [1.165, 1.54) is 24.3 Å². The van der Waals surface area contributed by atoms with Crippen LogP contribution in [0.25, 0.3) is 0 Å². The highest BCUT2D eigenvalue weighted by Gasteiger charge is 2.30. The summed E-state index contributed by atoms with van der Waals surface area (Å²) in [7, 11) is 0. The van der Waals surface area contributed by atoms with Crippen LogP contribution in [0.3, 0.4) is 0 Å². The Morgan fingerprint density at radius 1 is 1.15 bits per heavy atom. The van der Waals surface area contributed by atoms with Crippen LogP contribution in [-0.4, -0.2) is 52.6 Å². The topological polar surface area (TPSA) is 169 Å². The SMILES string of the molecule is CCOC(=O)Cc1cc2c(s1)CCN(C(=O)[C@H](Cc1ccc([N+](=O)[O-])cc1)NC(=O)c1ccc(C(=N)N)cc1)C2. The Hall–Kier alpha value is -4.58. The first kappa shape index (κ1) is 28.4. The average Bonchev–Trinajstić information content (AvgIpc) is 3.34. The van der Waals surface area contributed by atoms with E-state index in [1.807, 2.05) is 6.07 Å². The molecule has 0 spiro atoms. The number of benzene rings is 2. The fraction of sp³-hybridized carbons (Fsp3) is 0.286. The quantitative estimate of drug-likeness (QED) is 0.112. The van der Waals surface area contributed by atoms with Gasteiger partial charge >= 0.3 is 5.97 Å². The molecule has 0 saturated carbocycles. The van der Waals surface area contributed by atoms with Gasteiger partial charge in [0.15, 0.2) is 0 Å². The maximum absolute atomic E-state index is 13.8. The lowest BCUT2D eigenvalue weighted by atomic mass is 10.0. The Balaban J connectivity index is 1.53. The molecule has 40 heavy (non-hydrogen) atoms. The van der Waals surface area contributed by atoms with E-state index in [9.17, 15) is 24.5 Å². The van der Waals surface area contributed by atoms with E-state index in [0.29, 0.717) is 42.8 Å². The molecule has 0 saturated heterocycles. The summed E-state index contributed by atoms with van der Waals surface area (Å²) >= 11 is 1.54. The van der Waals surface area contributed by atoms with E-state index < -0.39 is 16.9 Å². The molecule has 1 aliphatic rings. The van der Waals surface area contributed by atoms with Crippen LogP contribution in [0.5, 0.6) is 0 Å². The second kappa shape index (κ2) is 12.5. The molecular weight excluding hydrogens is 534 g/mol. The summed E-state index contributed by atoms with van der Waals surface area (Å²) < 4.78 is 5.05. The smallest absolute Gasteiger partial charge is 0.311 e. The third-order valence-corrected chi connectivity index (χ3v) is 7.74. The van der Waals surface area contributed by atoms with Crippen molar-refractivity contribution in [2.75, 3.05) is 13.2 Å². The summed E-state index contributed by atoms with van der Waals surface area (Å²) in [6, 6.07) is 13.0. The summed E-state index contributed by atoms with van der Waals surface area (Å²) in [6.07, 6.45) is 0.940. The molecule has 208 valence electrons. The Morgan fingerprint density at radius 3 is 2.45 bits per heavy atom. The first-order chi connectivity index (χ1) is 19.1. The minimum atomic E-state index is -0.930. The van der Waals surface area contributed by atoms with Crippen molar-refractivity contribution < 1.29 is 24.0 Å². The molecule has 1 atom stereocenters. The van der Waals surface area contributed by atoms with E-state index in [4.69, 9.17) is 15.9 Å². The fourth-order valence-electron chi connectivity index (χ4n) is 4.48. The monoisotopic (exact) mass is 563 g/mol. The normalized spacial score (nSPS) is 13.2. The molecule has 1 aromatic heterocycles. The largest absolute Gasteiger partial charge is 0.466 e. The number of carbonyl (C=O) groups is 3. The molecule has 2 amide bonds. The number of hydrogen-bond donors (Lipinski definition) is 3. The summed E-state index contributed by atoms with van der Waals surface area (Å²) in [5, 5.41) is 21.4. The number of nitrogens with two attached hydrogens (primary N) is 1. The summed E-state index contributed by atoms with van der Waals surface area (Å²) in [4.78, 5) is 53.0. The Bertz CT molecular complexity index is 1430. The second-order valence-electron chi connectivity index (χ2n) is 9.30. The van der Waals surface area contributed by atoms with Crippen LogP contribution < -0.4 is 11.1 Å². The number of amides is 2. The molecule has 0 fully saturated rings. The Kier molecular flexibility index (Phi) is 8.90. The molecule has 2 aromatic carbocycles. The highest BCUT2D eigenvalue weighted by atomic mass is 32.1. The number of non-ortho nitro benzene ring substituents is 1. The second-order valence-corrected chi connectivity index (χ2v) is 10.5. The molecular formula is C28H29N5O6S. The van der Waals surface area contributed by atoms with Gasteiger partial charge in [-0.15, -0.1) is 11.3 Å². The van der Waals surface area contributed by atoms with Crippen LogP contribution in [0.15, 0.2) is 54.6 Å². The number of fused-ring (bicyclic) bond motifs is 1. The number of carbonyl (C=O) groups excluding carboxylic acids is 3. The number of thiophene rings is 1. The number of nitrogens with one attached hydrogen (secondary N) is 2. The molecule has 0 unspecified atom stereocenters. The number of nitro benzene ring substituents is 1. The maximum atomic E-state index is 13.8. The molecule has 12 heteroatoms. The van der Waals surface area contributed by atoms with Crippen LogP contribution in [-0.2, 0) is 40.1 Å². The number of nitro groups is 1. The van der Waals surface area contributed by atoms with Gasteiger partial charge in [0.05, 0.1) is 18.0 Å². The van der Waals surface area contributed by atoms with Gasteiger partial charge in [-0.1, -0.05) is 24.3 Å². The third kappa shape index (κ3) is 6.89. The lowest BCUT2D eigenvalue weighted by Gasteiger charge is -2.31. The van der Waals surface area contributed by atoms with Gasteiger partial charge in [-0.05, 0) is 42.7 Å². The predicted molar refractivity (Wildman–Crippen MR) is 149 cm³/mol. The van der Waals surface area contributed by atoms with E-state index in [2.05, 4.69) is 5.32 Å². The minimum Gasteiger partial charge on any atom is -0.466 e. The first-order valence-corrected chi connectivity index (χ1v) is 13.5. The summed E-state index contributed by atoms with van der Waals surface area (Å²) in [5.41, 5.74) is 7.82. The van der Waals surface area contributed by atoms with Crippen LogP contribution in [0.2, 0.25) is 0 Å². The van der Waals surface area contributed by atoms with E-state index in [-0.39, 0.29) is 36.2 Å². The predicted octanol–water partition coefficient (Wildman–Crippen LogP) is 2.97. The van der Waals surface area contributed by atoms with Gasteiger partial charge in [0, 0.05) is 52.5 Å². The Labute approximate surface area is 234 Å². The van der Waals surface area contributed by atoms with E-state index in [1.54, 1.807) is 47.4 Å². The van der Waals surface area contributed by atoms with E-state index in [0.717, 1.165) is 15.3 Å². The number of nitrogen functional groups attached to an aromatic ring is 1. The van der Waals surface area contributed by atoms with Gasteiger partial charge in [-0.25, -0.2) is 0 Å². The molecule has 11 nitrogen and oxygen atoms in total. The number of rotatable bonds is 10. The van der Waals surface area contributed by atoms with Gasteiger partial charge in [0.25, 0.3) is 11.6 Å². The zero-order valence-corrected chi connectivity index (χ0v) is 22.7. The van der Waals surface area contributed by atoms with Crippen molar-refractivity contribution in [1.29, 1.82) is 5.41 Å². The van der Waals surface area contributed by atoms with Crippen molar-refractivity contribution in [3.63, 3.8) is 0 Å². The average molecular weight is 564 g/mol. The zero-order chi connectivity index (χ0) is 28.8. The van der Waals surface area contributed by atoms with Crippen LogP contribution in [0.1, 0.15) is 43.7 Å². The van der Waals surface area contributed by atoms with Crippen molar-refractivity contribution in [1.82, 2.24) is 10.2 Å². The number of ether oxygens (including phenoxy) is 1. The molecule has 4 rings (SSSR count). The maximum Gasteiger partial charge on any atom is 0.311 e. The molecule has 0 radical (unpaired) electrons. The van der Waals surface area contributed by atoms with Crippen molar-refractivity contribution >= 4 is 40.6 Å². The van der Waals surface area contributed by atoms with E-state index >= 15 is 0 Å². The van der Waals surface area contributed by atoms with Crippen molar-refractivity contribution in [2.24, 2.45) is 5.73 Å². The van der Waals surface area contributed by atoms with Gasteiger partial charge in [-0.2, -0.15) is 0 Å². The van der Waals surface area contributed by atoms with Crippen LogP contribution >= 0.6 is 11.3 Å². The number of esters is 1. The van der Waals surface area contributed by atoms with Gasteiger partial charge in [-0.3, -0.25) is 29.9 Å². The molecule has 3 aromatic rings. The summed E-state index contributed by atoms with van der Waals surface area (Å²) in [6.45, 7) is 2.86. The highest BCUT2D eigenvalue weighted by molar-refractivity contribution is 7.12. The van der Waals surface area contributed by atoms with Gasteiger partial charge < -0.3 is 20.7 Å². The lowest BCUT2D eigenvalue weighted by Crippen LogP contribution is -2.50. The number of nitrogens with zero attached hydrogens (tertiary/aromatic N) is 2. The van der Waals surface area contributed by atoms with Crippen LogP contribution in [0, 0.1) is 15.5 Å². The molecule has 0 aliphatic carbocycles. The minimum absolute atomic E-state index is 0.0686. The molecule has 0 bridgehead atoms. The number of amidine groups is 1. The molecule has 1 aliphatic heterocycles. The van der Waals surface area contributed by atoms with Crippen molar-refractivity contribution in [3.05, 3.63) is 96.7 Å². The van der Waals surface area contributed by atoms with Crippen LogP contribution in [0.4, 0.5) is 5.69 Å². The van der Waals surface area contributed by atoms with Gasteiger partial charge in [0.2, 0.25) is 5.91 Å². The zero-order valence-electron chi connectivity index (χ0n) is 21.8. The van der Waals surface area contributed by atoms with Gasteiger partial charge in [0.1, 0.15) is 11.9 Å². The first-order valence-electron chi connectivity index (χ1n) is 12.7. The Morgan fingerprint density at radius 2 is 1.82 bits per heavy atom. The highest BCUT2D eigenvalue weighted by Crippen LogP contribution is 2.29. The fourth-order valence-corrected chi connectivity index (χ4v) is 5.63.